The first-order valence-electron chi connectivity index (χ1n) is 9.99. The first-order chi connectivity index (χ1) is 17.2. The summed E-state index contributed by atoms with van der Waals surface area (Å²) in [7, 11) is 2.71. The first kappa shape index (κ1) is 22.3. The Kier molecular flexibility index (Phi) is 4.58. The van der Waals surface area contributed by atoms with Crippen molar-refractivity contribution in [2.24, 2.45) is 14.1 Å². The average molecular weight is 546 g/mol. The maximum absolute atomic E-state index is 13.5. The first-order valence-corrected chi connectivity index (χ1v) is 13.3. The number of aromatic nitrogens is 2. The molecule has 0 N–H and O–H groups in total. The quantitative estimate of drug-likeness (QED) is 0.264. The topological polar surface area (TPSA) is 150 Å². The molecule has 0 unspecified atom stereocenters. The van der Waals surface area contributed by atoms with Crippen LogP contribution in [-0.2, 0) is 14.1 Å². The molecule has 0 atom stereocenters. The fourth-order valence-electron chi connectivity index (χ4n) is 4.48. The summed E-state index contributed by atoms with van der Waals surface area (Å²) in [5.74, 6) is 0. The van der Waals surface area contributed by atoms with Gasteiger partial charge in [0.25, 0.3) is 22.2 Å². The maximum Gasteiger partial charge on any atom is 0.262 e. The number of fused-ring (bicyclic) bond motifs is 6. The lowest BCUT2D eigenvalue weighted by molar-refractivity contribution is 0.840. The molecule has 6 rings (SSSR count). The SMILES string of the molecule is Cn1c(=O)c2c3sc(=CC#N)sc3c3c(=O)n(C)c(=O)c4c5sc(=C(C#N)C#N)sc5c(c1=O)c2c34. The molecule has 6 aromatic rings. The van der Waals surface area contributed by atoms with Crippen LogP contribution in [0.25, 0.3) is 62.8 Å². The van der Waals surface area contributed by atoms with Crippen molar-refractivity contribution >= 4 is 108 Å². The van der Waals surface area contributed by atoms with Crippen LogP contribution in [0.3, 0.4) is 0 Å². The second-order valence-electron chi connectivity index (χ2n) is 7.79. The van der Waals surface area contributed by atoms with Gasteiger partial charge in [0.15, 0.2) is 5.57 Å². The lowest BCUT2D eigenvalue weighted by Gasteiger charge is -2.13. The van der Waals surface area contributed by atoms with Gasteiger partial charge >= 0.3 is 0 Å². The van der Waals surface area contributed by atoms with E-state index in [0.717, 1.165) is 31.8 Å². The van der Waals surface area contributed by atoms with Crippen molar-refractivity contribution in [2.75, 3.05) is 0 Å². The monoisotopic (exact) mass is 545 g/mol. The van der Waals surface area contributed by atoms with Gasteiger partial charge in [-0.2, -0.15) is 15.8 Å². The minimum atomic E-state index is -0.603. The Morgan fingerprint density at radius 1 is 0.639 bits per heavy atom. The summed E-state index contributed by atoms with van der Waals surface area (Å²) < 4.78 is 4.50. The summed E-state index contributed by atoms with van der Waals surface area (Å²) in [5, 5.41) is 29.2. The zero-order valence-electron chi connectivity index (χ0n) is 18.1. The summed E-state index contributed by atoms with van der Waals surface area (Å²) >= 11 is 4.39. The van der Waals surface area contributed by atoms with Gasteiger partial charge in [0.05, 0.1) is 50.3 Å². The third-order valence-corrected chi connectivity index (χ3v) is 11.2. The second kappa shape index (κ2) is 7.40. The molecule has 9 nitrogen and oxygen atoms in total. The molecule has 0 amide bonds. The molecule has 0 aliphatic heterocycles. The Balaban J connectivity index is 2.21. The number of hydrogen-bond acceptors (Lipinski definition) is 11. The van der Waals surface area contributed by atoms with Gasteiger partial charge in [-0.1, -0.05) is 0 Å². The number of nitriles is 3. The molecule has 36 heavy (non-hydrogen) atoms. The fourth-order valence-corrected chi connectivity index (χ4v) is 9.64. The molecule has 4 aromatic heterocycles. The lowest BCUT2D eigenvalue weighted by atomic mass is 9.96. The van der Waals surface area contributed by atoms with Crippen molar-refractivity contribution < 1.29 is 0 Å². The maximum atomic E-state index is 13.5. The van der Waals surface area contributed by atoms with Crippen molar-refractivity contribution in [1.82, 2.24) is 9.13 Å². The van der Waals surface area contributed by atoms with E-state index in [0.29, 0.717) is 26.5 Å². The van der Waals surface area contributed by atoms with Crippen LogP contribution < -0.4 is 29.9 Å². The van der Waals surface area contributed by atoms with Gasteiger partial charge in [-0.05, 0) is 0 Å². The normalized spacial score (nSPS) is 11.4. The molecule has 4 heterocycles. The van der Waals surface area contributed by atoms with Crippen LogP contribution in [0.5, 0.6) is 0 Å². The molecule has 0 aliphatic rings. The van der Waals surface area contributed by atoms with Gasteiger partial charge in [-0.25, -0.2) is 0 Å². The smallest absolute Gasteiger partial charge is 0.262 e. The van der Waals surface area contributed by atoms with E-state index in [4.69, 9.17) is 0 Å². The minimum Gasteiger partial charge on any atom is -0.277 e. The predicted octanol–water partition coefficient (Wildman–Crippen LogP) is 1.76. The standard InChI is InChI=1S/C23H7N5O4S4/c1-27-19(29)11-9-10-12(16-15(11)33-8(34-16)3-4-24)20(30)28(2)22(32)14(10)18-17(13(9)21(27)31)35-23(36-18)7(5-25)6-26/h3H,1-2H3. The molecule has 0 aliphatic carbocycles. The molecule has 0 bridgehead atoms. The van der Waals surface area contributed by atoms with Gasteiger partial charge in [-0.15, -0.1) is 45.3 Å². The van der Waals surface area contributed by atoms with E-state index in [1.54, 1.807) is 0 Å². The fraction of sp³-hybridized carbons (Fsp3) is 0.0870. The molecule has 13 heteroatoms. The average Bonchev–Trinajstić information content (AvgIpc) is 3.47. The van der Waals surface area contributed by atoms with Crippen LogP contribution >= 0.6 is 45.3 Å². The van der Waals surface area contributed by atoms with Gasteiger partial charge in [0, 0.05) is 30.9 Å². The zero-order valence-corrected chi connectivity index (χ0v) is 21.3. The summed E-state index contributed by atoms with van der Waals surface area (Å²) in [4.78, 5) is 53.9. The van der Waals surface area contributed by atoms with Crippen LogP contribution in [-0.4, -0.2) is 9.13 Å². The van der Waals surface area contributed by atoms with Crippen LogP contribution in [0.4, 0.5) is 0 Å². The largest absolute Gasteiger partial charge is 0.277 e. The van der Waals surface area contributed by atoms with Crippen molar-refractivity contribution in [2.45, 2.75) is 0 Å². The van der Waals surface area contributed by atoms with E-state index in [9.17, 15) is 35.0 Å². The number of pyridine rings is 2. The van der Waals surface area contributed by atoms with Gasteiger partial charge in [-0.3, -0.25) is 28.3 Å². The molecule has 2 aromatic carbocycles. The van der Waals surface area contributed by atoms with E-state index < -0.39 is 22.2 Å². The van der Waals surface area contributed by atoms with E-state index in [-0.39, 0.29) is 37.9 Å². The summed E-state index contributed by atoms with van der Waals surface area (Å²) in [6.45, 7) is 0. The van der Waals surface area contributed by atoms with E-state index in [2.05, 4.69) is 0 Å². The lowest BCUT2D eigenvalue weighted by Crippen LogP contribution is -2.33. The predicted molar refractivity (Wildman–Crippen MR) is 144 cm³/mol. The van der Waals surface area contributed by atoms with Gasteiger partial charge in [0.2, 0.25) is 0 Å². The van der Waals surface area contributed by atoms with Crippen LogP contribution in [0.2, 0.25) is 0 Å². The number of rotatable bonds is 0. The second-order valence-corrected chi connectivity index (χ2v) is 12.5. The van der Waals surface area contributed by atoms with Crippen molar-refractivity contribution in [3.8, 4) is 18.2 Å². The Morgan fingerprint density at radius 3 is 1.33 bits per heavy atom. The summed E-state index contributed by atoms with van der Waals surface area (Å²) in [5.41, 5.74) is -2.52. The highest BCUT2D eigenvalue weighted by Gasteiger charge is 2.28. The summed E-state index contributed by atoms with van der Waals surface area (Å²) in [6.07, 6.45) is 1.32. The Bertz CT molecular complexity index is 2360. The highest BCUT2D eigenvalue weighted by molar-refractivity contribution is 7.38. The molecule has 172 valence electrons. The number of benzene rings is 2. The molecule has 0 spiro atoms. The van der Waals surface area contributed by atoms with E-state index >= 15 is 0 Å². The van der Waals surface area contributed by atoms with E-state index in [1.165, 1.54) is 42.8 Å². The molecular formula is C23H7N5O4S4. The molecule has 0 fully saturated rings. The third-order valence-electron chi connectivity index (χ3n) is 6.05. The van der Waals surface area contributed by atoms with Crippen LogP contribution in [0, 0.1) is 34.0 Å². The Labute approximate surface area is 213 Å². The molecule has 0 saturated heterocycles. The number of hydrogen-bond donors (Lipinski definition) is 0. The van der Waals surface area contributed by atoms with Gasteiger partial charge < -0.3 is 0 Å². The Morgan fingerprint density at radius 2 is 1.00 bits per heavy atom. The highest BCUT2D eigenvalue weighted by Crippen LogP contribution is 2.43. The molecule has 0 radical (unpaired) electrons. The highest BCUT2D eigenvalue weighted by atomic mass is 32.2. The van der Waals surface area contributed by atoms with Crippen molar-refractivity contribution in [1.29, 1.82) is 15.8 Å². The summed E-state index contributed by atoms with van der Waals surface area (Å²) in [6, 6.07) is 5.65. The third kappa shape index (κ3) is 2.53. The minimum absolute atomic E-state index is 0.154. The molecular weight excluding hydrogens is 539 g/mol. The molecule has 0 saturated carbocycles. The van der Waals surface area contributed by atoms with Crippen molar-refractivity contribution in [3.05, 3.63) is 49.1 Å². The van der Waals surface area contributed by atoms with Crippen LogP contribution in [0.15, 0.2) is 19.2 Å². The van der Waals surface area contributed by atoms with Gasteiger partial charge in [0.1, 0.15) is 16.0 Å². The number of nitrogens with zero attached hydrogens (tertiary/aromatic N) is 5. The van der Waals surface area contributed by atoms with E-state index in [1.807, 2.05) is 18.2 Å². The zero-order chi connectivity index (χ0) is 25.6. The van der Waals surface area contributed by atoms with Crippen LogP contribution in [0.1, 0.15) is 0 Å². The van der Waals surface area contributed by atoms with Crippen molar-refractivity contribution in [3.63, 3.8) is 0 Å². The Hall–Kier alpha value is -4.19.